The van der Waals surface area contributed by atoms with Gasteiger partial charge in [0, 0.05) is 0 Å². The monoisotopic (exact) mass is 346 g/mol. The minimum Gasteiger partial charge on any atom is -0.480 e. The predicted octanol–water partition coefficient (Wildman–Crippen LogP) is 1.80. The van der Waals surface area contributed by atoms with Crippen LogP contribution in [0.15, 0.2) is 0 Å². The van der Waals surface area contributed by atoms with Crippen LogP contribution in [0.2, 0.25) is 0 Å². The van der Waals surface area contributed by atoms with Crippen LogP contribution in [-0.2, 0) is 19.1 Å². The van der Waals surface area contributed by atoms with Crippen molar-refractivity contribution >= 4 is 18.0 Å². The van der Waals surface area contributed by atoms with E-state index in [-0.39, 0.29) is 12.8 Å². The van der Waals surface area contributed by atoms with Gasteiger partial charge in [0.1, 0.15) is 23.3 Å². The molecule has 24 heavy (non-hydrogen) atoms. The fourth-order valence-corrected chi connectivity index (χ4v) is 1.74. The Labute approximate surface area is 143 Å². The lowest BCUT2D eigenvalue weighted by atomic mass is 10.1. The summed E-state index contributed by atoms with van der Waals surface area (Å²) in [6, 6.07) is -1.94. The molecule has 0 fully saturated rings. The van der Waals surface area contributed by atoms with E-state index in [4.69, 9.17) is 20.3 Å². The van der Waals surface area contributed by atoms with E-state index in [9.17, 15) is 14.4 Å². The Kier molecular flexibility index (Phi) is 8.19. The normalized spacial score (nSPS) is 14.5. The number of carboxylic acid groups (broad SMARTS) is 1. The molecule has 0 aliphatic rings. The zero-order valence-electron chi connectivity index (χ0n) is 15.3. The van der Waals surface area contributed by atoms with E-state index in [1.807, 2.05) is 0 Å². The number of nitrogens with one attached hydrogen (secondary N) is 1. The quantitative estimate of drug-likeness (QED) is 0.600. The van der Waals surface area contributed by atoms with Crippen molar-refractivity contribution in [2.24, 2.45) is 5.73 Å². The van der Waals surface area contributed by atoms with Gasteiger partial charge < -0.3 is 25.6 Å². The van der Waals surface area contributed by atoms with Crippen LogP contribution in [0, 0.1) is 0 Å². The third-order valence-corrected chi connectivity index (χ3v) is 2.71. The highest BCUT2D eigenvalue weighted by molar-refractivity contribution is 5.81. The van der Waals surface area contributed by atoms with Crippen LogP contribution in [0.25, 0.3) is 0 Å². The van der Waals surface area contributed by atoms with Crippen LogP contribution in [0.1, 0.15) is 60.8 Å². The topological polar surface area (TPSA) is 128 Å². The molecule has 0 aliphatic heterocycles. The summed E-state index contributed by atoms with van der Waals surface area (Å²) >= 11 is 0. The summed E-state index contributed by atoms with van der Waals surface area (Å²) in [5, 5.41) is 11.3. The standard InChI is InChI=1S/C16H30N2O6/c1-15(2,3)23-13(21)11(9-7-8-10(17)12(19)20)18-14(22)24-16(4,5)6/h10-11H,7-9,17H2,1-6H3,(H,18,22)(H,19,20)/t10-,11?/m0/s1. The molecular formula is C16H30N2O6. The van der Waals surface area contributed by atoms with E-state index in [1.54, 1.807) is 41.5 Å². The molecule has 140 valence electrons. The highest BCUT2D eigenvalue weighted by atomic mass is 16.6. The van der Waals surface area contributed by atoms with Crippen LogP contribution < -0.4 is 11.1 Å². The van der Waals surface area contributed by atoms with Gasteiger partial charge in [0.25, 0.3) is 0 Å². The maximum Gasteiger partial charge on any atom is 0.408 e. The van der Waals surface area contributed by atoms with Gasteiger partial charge >= 0.3 is 18.0 Å². The summed E-state index contributed by atoms with van der Waals surface area (Å²) in [5.41, 5.74) is 4.03. The molecule has 2 atom stereocenters. The van der Waals surface area contributed by atoms with E-state index >= 15 is 0 Å². The zero-order valence-corrected chi connectivity index (χ0v) is 15.3. The average Bonchev–Trinajstić information content (AvgIpc) is 2.32. The number of carboxylic acids is 1. The predicted molar refractivity (Wildman–Crippen MR) is 88.5 cm³/mol. The number of hydrogen-bond acceptors (Lipinski definition) is 6. The summed E-state index contributed by atoms with van der Waals surface area (Å²) in [4.78, 5) is 34.8. The number of esters is 1. The summed E-state index contributed by atoms with van der Waals surface area (Å²) in [5.74, 6) is -1.71. The number of rotatable bonds is 7. The Bertz CT molecular complexity index is 450. The summed E-state index contributed by atoms with van der Waals surface area (Å²) in [7, 11) is 0. The molecule has 0 aromatic heterocycles. The molecule has 4 N–H and O–H groups in total. The van der Waals surface area contributed by atoms with Gasteiger partial charge in [0.2, 0.25) is 0 Å². The van der Waals surface area contributed by atoms with Gasteiger partial charge in [-0.25, -0.2) is 9.59 Å². The van der Waals surface area contributed by atoms with Crippen molar-refractivity contribution in [3.8, 4) is 0 Å². The van der Waals surface area contributed by atoms with E-state index in [0.29, 0.717) is 6.42 Å². The Morgan fingerprint density at radius 2 is 1.50 bits per heavy atom. The van der Waals surface area contributed by atoms with Crippen molar-refractivity contribution in [3.05, 3.63) is 0 Å². The van der Waals surface area contributed by atoms with Crippen molar-refractivity contribution < 1.29 is 29.0 Å². The second-order valence-corrected chi connectivity index (χ2v) is 7.61. The van der Waals surface area contributed by atoms with Crippen molar-refractivity contribution in [1.82, 2.24) is 5.32 Å². The number of hydrogen-bond donors (Lipinski definition) is 3. The molecule has 0 rings (SSSR count). The second kappa shape index (κ2) is 8.86. The molecule has 0 heterocycles. The SMILES string of the molecule is CC(C)(C)OC(=O)NC(CCC[C@H](N)C(=O)O)C(=O)OC(C)(C)C. The van der Waals surface area contributed by atoms with Crippen LogP contribution in [0.5, 0.6) is 0 Å². The molecule has 0 aliphatic carbocycles. The Hall–Kier alpha value is -1.83. The van der Waals surface area contributed by atoms with E-state index < -0.39 is 41.3 Å². The Balaban J connectivity index is 4.80. The fraction of sp³-hybridized carbons (Fsp3) is 0.812. The van der Waals surface area contributed by atoms with Gasteiger partial charge in [-0.05, 0) is 60.8 Å². The highest BCUT2D eigenvalue weighted by Crippen LogP contribution is 2.13. The summed E-state index contributed by atoms with van der Waals surface area (Å²) in [6.07, 6.45) is -0.00618. The van der Waals surface area contributed by atoms with Crippen molar-refractivity contribution in [1.29, 1.82) is 0 Å². The molecule has 0 saturated heterocycles. The van der Waals surface area contributed by atoms with Gasteiger partial charge in [0.05, 0.1) is 0 Å². The zero-order chi connectivity index (χ0) is 19.1. The number of alkyl carbamates (subject to hydrolysis) is 1. The summed E-state index contributed by atoms with van der Waals surface area (Å²) in [6.45, 7) is 10.3. The van der Waals surface area contributed by atoms with Crippen molar-refractivity contribution in [3.63, 3.8) is 0 Å². The summed E-state index contributed by atoms with van der Waals surface area (Å²) < 4.78 is 10.4. The number of amides is 1. The first-order chi connectivity index (χ1) is 10.7. The van der Waals surface area contributed by atoms with Crippen molar-refractivity contribution in [2.45, 2.75) is 84.1 Å². The molecule has 8 heteroatoms. The molecular weight excluding hydrogens is 316 g/mol. The molecule has 0 bridgehead atoms. The maximum atomic E-state index is 12.2. The van der Waals surface area contributed by atoms with Gasteiger partial charge in [-0.3, -0.25) is 4.79 Å². The average molecular weight is 346 g/mol. The lowest BCUT2D eigenvalue weighted by molar-refractivity contribution is -0.157. The number of carbonyl (C=O) groups excluding carboxylic acids is 2. The molecule has 0 spiro atoms. The maximum absolute atomic E-state index is 12.2. The van der Waals surface area contributed by atoms with Crippen LogP contribution in [0.4, 0.5) is 4.79 Å². The smallest absolute Gasteiger partial charge is 0.408 e. The van der Waals surface area contributed by atoms with Crippen LogP contribution >= 0.6 is 0 Å². The first-order valence-corrected chi connectivity index (χ1v) is 7.92. The molecule has 8 nitrogen and oxygen atoms in total. The van der Waals surface area contributed by atoms with Crippen LogP contribution in [0.3, 0.4) is 0 Å². The van der Waals surface area contributed by atoms with Crippen molar-refractivity contribution in [2.75, 3.05) is 0 Å². The van der Waals surface area contributed by atoms with Crippen LogP contribution in [-0.4, -0.2) is 46.4 Å². The minimum atomic E-state index is -1.11. The first kappa shape index (κ1) is 22.2. The Morgan fingerprint density at radius 1 is 1.00 bits per heavy atom. The first-order valence-electron chi connectivity index (χ1n) is 7.92. The molecule has 1 amide bonds. The van der Waals surface area contributed by atoms with E-state index in [2.05, 4.69) is 5.32 Å². The number of ether oxygens (including phenoxy) is 2. The van der Waals surface area contributed by atoms with Gasteiger partial charge in [-0.1, -0.05) is 0 Å². The molecule has 0 aromatic rings. The fourth-order valence-electron chi connectivity index (χ4n) is 1.74. The van der Waals surface area contributed by atoms with E-state index in [0.717, 1.165) is 0 Å². The largest absolute Gasteiger partial charge is 0.480 e. The van der Waals surface area contributed by atoms with Gasteiger partial charge in [0.15, 0.2) is 0 Å². The second-order valence-electron chi connectivity index (χ2n) is 7.61. The minimum absolute atomic E-state index is 0.185. The molecule has 0 saturated carbocycles. The third kappa shape index (κ3) is 10.8. The molecule has 0 radical (unpaired) electrons. The number of nitrogens with two attached hydrogens (primary N) is 1. The van der Waals surface area contributed by atoms with Gasteiger partial charge in [-0.2, -0.15) is 0 Å². The molecule has 1 unspecified atom stereocenters. The lowest BCUT2D eigenvalue weighted by Gasteiger charge is -2.26. The number of aliphatic carboxylic acids is 1. The number of carbonyl (C=O) groups is 3. The third-order valence-electron chi connectivity index (χ3n) is 2.71. The lowest BCUT2D eigenvalue weighted by Crippen LogP contribution is -2.46. The van der Waals surface area contributed by atoms with Gasteiger partial charge in [-0.15, -0.1) is 0 Å². The Morgan fingerprint density at radius 3 is 1.92 bits per heavy atom. The highest BCUT2D eigenvalue weighted by Gasteiger charge is 2.28. The van der Waals surface area contributed by atoms with E-state index in [1.165, 1.54) is 0 Å². The molecule has 0 aromatic carbocycles.